The molecule has 0 bridgehead atoms. The Hall–Kier alpha value is -2.22. The van der Waals surface area contributed by atoms with Crippen LogP contribution >= 0.6 is 11.6 Å². The summed E-state index contributed by atoms with van der Waals surface area (Å²) in [4.78, 5) is 18.0. The molecule has 2 rings (SSSR count). The van der Waals surface area contributed by atoms with Crippen molar-refractivity contribution in [2.75, 3.05) is 6.61 Å². The van der Waals surface area contributed by atoms with Gasteiger partial charge in [0, 0.05) is 12.2 Å². The van der Waals surface area contributed by atoms with Crippen LogP contribution in [0.5, 0.6) is 5.88 Å². The molecule has 0 saturated carbocycles. The van der Waals surface area contributed by atoms with Gasteiger partial charge in [0.05, 0.1) is 12.1 Å². The predicted octanol–water partition coefficient (Wildman–Crippen LogP) is 4.63. The third-order valence-electron chi connectivity index (χ3n) is 3.43. The maximum Gasteiger partial charge on any atom is 0.422 e. The number of amides is 1. The largest absolute Gasteiger partial charge is 0.467 e. The van der Waals surface area contributed by atoms with Gasteiger partial charge >= 0.3 is 6.18 Å². The lowest BCUT2D eigenvalue weighted by atomic mass is 10.2. The van der Waals surface area contributed by atoms with E-state index >= 15 is 0 Å². The van der Waals surface area contributed by atoms with Crippen LogP contribution in [0, 0.1) is 6.92 Å². The summed E-state index contributed by atoms with van der Waals surface area (Å²) in [5.74, 6) is 0.602. The first-order valence-corrected chi connectivity index (χ1v) is 8.16. The number of pyridine rings is 1. The summed E-state index contributed by atoms with van der Waals surface area (Å²) in [6, 6.07) is 4.67. The van der Waals surface area contributed by atoms with E-state index in [1.54, 1.807) is 24.0 Å². The van der Waals surface area contributed by atoms with Crippen molar-refractivity contribution in [2.24, 2.45) is 0 Å². The smallest absolute Gasteiger partial charge is 0.422 e. The molecule has 0 fully saturated rings. The lowest BCUT2D eigenvalue weighted by Gasteiger charge is -2.26. The van der Waals surface area contributed by atoms with Crippen LogP contribution in [0.3, 0.4) is 0 Å². The molecule has 2 aromatic heterocycles. The molecule has 0 aliphatic heterocycles. The number of halogens is 4. The predicted molar refractivity (Wildman–Crippen MR) is 89.3 cm³/mol. The molecule has 1 amide bonds. The number of carbonyl (C=O) groups is 1. The van der Waals surface area contributed by atoms with Crippen molar-refractivity contribution >= 4 is 17.5 Å². The Labute approximate surface area is 153 Å². The number of aryl methyl sites for hydroxylation is 1. The monoisotopic (exact) mass is 390 g/mol. The average molecular weight is 391 g/mol. The van der Waals surface area contributed by atoms with E-state index in [1.165, 1.54) is 6.07 Å². The molecule has 9 heteroatoms. The number of hydrogen-bond donors (Lipinski definition) is 0. The quantitative estimate of drug-likeness (QED) is 0.721. The highest BCUT2D eigenvalue weighted by atomic mass is 35.5. The van der Waals surface area contributed by atoms with Crippen LogP contribution in [0.4, 0.5) is 13.2 Å². The van der Waals surface area contributed by atoms with Gasteiger partial charge in [0.2, 0.25) is 5.88 Å². The van der Waals surface area contributed by atoms with E-state index in [0.717, 1.165) is 12.0 Å². The zero-order valence-electron chi connectivity index (χ0n) is 14.4. The molecule has 0 N–H and O–H groups in total. The van der Waals surface area contributed by atoms with Crippen LogP contribution in [-0.4, -0.2) is 34.6 Å². The first kappa shape index (κ1) is 20.1. The maximum absolute atomic E-state index is 12.7. The van der Waals surface area contributed by atoms with Gasteiger partial charge in [-0.05, 0) is 39.0 Å². The molecular weight excluding hydrogens is 373 g/mol. The first-order chi connectivity index (χ1) is 12.1. The molecule has 5 nitrogen and oxygen atoms in total. The zero-order valence-corrected chi connectivity index (χ0v) is 15.2. The van der Waals surface area contributed by atoms with Gasteiger partial charge in [-0.15, -0.1) is 0 Å². The molecule has 2 aromatic rings. The minimum Gasteiger partial charge on any atom is -0.467 e. The van der Waals surface area contributed by atoms with Gasteiger partial charge in [0.1, 0.15) is 16.5 Å². The van der Waals surface area contributed by atoms with Gasteiger partial charge in [-0.3, -0.25) is 4.79 Å². The van der Waals surface area contributed by atoms with Gasteiger partial charge in [0.25, 0.3) is 5.91 Å². The van der Waals surface area contributed by atoms with Gasteiger partial charge in [-0.1, -0.05) is 11.6 Å². The van der Waals surface area contributed by atoms with Crippen molar-refractivity contribution in [1.29, 1.82) is 0 Å². The molecule has 0 aliphatic carbocycles. The molecule has 0 unspecified atom stereocenters. The summed E-state index contributed by atoms with van der Waals surface area (Å²) >= 11 is 5.91. The number of rotatable bonds is 6. The van der Waals surface area contributed by atoms with Crippen molar-refractivity contribution in [1.82, 2.24) is 9.88 Å². The number of hydrogen-bond acceptors (Lipinski definition) is 4. The Morgan fingerprint density at radius 3 is 2.58 bits per heavy atom. The lowest BCUT2D eigenvalue weighted by molar-refractivity contribution is -0.154. The summed E-state index contributed by atoms with van der Waals surface area (Å²) < 4.78 is 46.7. The fourth-order valence-electron chi connectivity index (χ4n) is 2.19. The van der Waals surface area contributed by atoms with Crippen molar-refractivity contribution < 1.29 is 27.1 Å². The van der Waals surface area contributed by atoms with E-state index in [1.807, 2.05) is 13.8 Å². The van der Waals surface area contributed by atoms with Crippen molar-refractivity contribution in [3.63, 3.8) is 0 Å². The van der Waals surface area contributed by atoms with E-state index in [2.05, 4.69) is 9.72 Å². The Balaban J connectivity index is 2.16. The van der Waals surface area contributed by atoms with Crippen molar-refractivity contribution in [3.8, 4) is 5.88 Å². The highest BCUT2D eigenvalue weighted by Crippen LogP contribution is 2.26. The normalized spacial score (nSPS) is 11.7. The lowest BCUT2D eigenvalue weighted by Crippen LogP contribution is -2.36. The molecule has 26 heavy (non-hydrogen) atoms. The molecular formula is C17H18ClF3N2O3. The number of nitrogens with zero attached hydrogens (tertiary/aromatic N) is 2. The van der Waals surface area contributed by atoms with Crippen LogP contribution in [0.2, 0.25) is 5.02 Å². The Bertz CT molecular complexity index is 775. The van der Waals surface area contributed by atoms with Crippen LogP contribution < -0.4 is 4.74 Å². The Kier molecular flexibility index (Phi) is 6.17. The van der Waals surface area contributed by atoms with Crippen LogP contribution in [0.1, 0.15) is 35.7 Å². The molecule has 0 atom stereocenters. The standard InChI is InChI=1S/C17H18ClF3N2O3/c1-10(2)23(8-13-5-4-11(3)26-13)16(24)12-6-14(18)15(22-7-12)25-9-17(19,20)21/h4-7,10H,8-9H2,1-3H3. The zero-order chi connectivity index (χ0) is 19.5. The van der Waals surface area contributed by atoms with Crippen LogP contribution in [-0.2, 0) is 6.54 Å². The number of carbonyl (C=O) groups excluding carboxylic acids is 1. The molecule has 0 spiro atoms. The number of aromatic nitrogens is 1. The highest BCUT2D eigenvalue weighted by Gasteiger charge is 2.29. The minimum absolute atomic E-state index is 0.145. The van der Waals surface area contributed by atoms with E-state index in [-0.39, 0.29) is 35.0 Å². The Morgan fingerprint density at radius 1 is 1.38 bits per heavy atom. The summed E-state index contributed by atoms with van der Waals surface area (Å²) in [5.41, 5.74) is 0.145. The summed E-state index contributed by atoms with van der Waals surface area (Å²) in [7, 11) is 0. The van der Waals surface area contributed by atoms with Crippen molar-refractivity contribution in [3.05, 3.63) is 46.5 Å². The summed E-state index contributed by atoms with van der Waals surface area (Å²) in [6.07, 6.45) is -3.36. The number of ether oxygens (including phenoxy) is 1. The SMILES string of the molecule is Cc1ccc(CN(C(=O)c2cnc(OCC(F)(F)F)c(Cl)c2)C(C)C)o1. The molecule has 2 heterocycles. The van der Waals surface area contributed by atoms with E-state index in [9.17, 15) is 18.0 Å². The van der Waals surface area contributed by atoms with Crippen LogP contribution in [0.25, 0.3) is 0 Å². The highest BCUT2D eigenvalue weighted by molar-refractivity contribution is 6.32. The van der Waals surface area contributed by atoms with E-state index in [4.69, 9.17) is 16.0 Å². The topological polar surface area (TPSA) is 55.6 Å². The minimum atomic E-state index is -4.50. The number of furan rings is 1. The molecule has 0 aromatic carbocycles. The summed E-state index contributed by atoms with van der Waals surface area (Å²) in [5, 5.41) is -0.169. The van der Waals surface area contributed by atoms with Crippen LogP contribution in [0.15, 0.2) is 28.8 Å². The van der Waals surface area contributed by atoms with Crippen molar-refractivity contribution in [2.45, 2.75) is 39.5 Å². The number of alkyl halides is 3. The third kappa shape index (κ3) is 5.39. The second-order valence-electron chi connectivity index (χ2n) is 5.95. The van der Waals surface area contributed by atoms with E-state index in [0.29, 0.717) is 5.76 Å². The molecule has 142 valence electrons. The van der Waals surface area contributed by atoms with Gasteiger partial charge in [0.15, 0.2) is 6.61 Å². The van der Waals surface area contributed by atoms with Gasteiger partial charge in [-0.25, -0.2) is 4.98 Å². The Morgan fingerprint density at radius 2 is 2.08 bits per heavy atom. The van der Waals surface area contributed by atoms with Gasteiger partial charge < -0.3 is 14.1 Å². The third-order valence-corrected chi connectivity index (χ3v) is 3.70. The molecule has 0 aliphatic rings. The second-order valence-corrected chi connectivity index (χ2v) is 6.36. The average Bonchev–Trinajstić information content (AvgIpc) is 2.95. The second kappa shape index (κ2) is 7.99. The first-order valence-electron chi connectivity index (χ1n) is 7.78. The molecule has 0 saturated heterocycles. The molecule has 0 radical (unpaired) electrons. The fourth-order valence-corrected chi connectivity index (χ4v) is 2.41. The maximum atomic E-state index is 12.7. The van der Waals surface area contributed by atoms with E-state index < -0.39 is 12.8 Å². The fraction of sp³-hybridized carbons (Fsp3) is 0.412. The van der Waals surface area contributed by atoms with Gasteiger partial charge in [-0.2, -0.15) is 13.2 Å². The summed E-state index contributed by atoms with van der Waals surface area (Å²) in [6.45, 7) is 4.21.